The lowest BCUT2D eigenvalue weighted by atomic mass is 10.0. The van der Waals surface area contributed by atoms with Gasteiger partial charge in [0.25, 0.3) is 0 Å². The maximum Gasteiger partial charge on any atom is 0.238 e. The van der Waals surface area contributed by atoms with Crippen LogP contribution >= 0.6 is 0 Å². The largest absolute Gasteiger partial charge is 0.306 e. The summed E-state index contributed by atoms with van der Waals surface area (Å²) >= 11 is 0. The Balaban J connectivity index is 1.20. The summed E-state index contributed by atoms with van der Waals surface area (Å²) in [6.07, 6.45) is 0. The topological polar surface area (TPSA) is 51.8 Å². The van der Waals surface area contributed by atoms with E-state index < -0.39 is 0 Å². The second kappa shape index (κ2) is 11.5. The minimum absolute atomic E-state index is 0.582. The molecular weight excluding hydrogens is 673 g/mol. The summed E-state index contributed by atoms with van der Waals surface area (Å²) in [6, 6.07) is 64.4. The summed E-state index contributed by atoms with van der Waals surface area (Å²) < 4.78 is 4.70. The Morgan fingerprint density at radius 1 is 0.345 bits per heavy atom. The monoisotopic (exact) mass is 702 g/mol. The number of para-hydroxylation sites is 3. The van der Waals surface area contributed by atoms with Crippen LogP contribution in [0, 0.1) is 0 Å². The second-order valence-corrected chi connectivity index (χ2v) is 14.1. The van der Waals surface area contributed by atoms with E-state index in [2.05, 4.69) is 160 Å². The number of benzene rings is 8. The number of nitrogens with zero attached hydrogens (tertiary/aromatic N) is 6. The summed E-state index contributed by atoms with van der Waals surface area (Å²) in [7, 11) is 0. The van der Waals surface area contributed by atoms with Gasteiger partial charge in [-0.3, -0.25) is 4.57 Å². The maximum absolute atomic E-state index is 5.19. The predicted molar refractivity (Wildman–Crippen MR) is 225 cm³/mol. The molecule has 0 radical (unpaired) electrons. The third-order valence-corrected chi connectivity index (χ3v) is 11.0. The summed E-state index contributed by atoms with van der Waals surface area (Å²) in [4.78, 5) is 17.8. The molecule has 0 atom stereocenters. The van der Waals surface area contributed by atoms with Crippen molar-refractivity contribution in [2.24, 2.45) is 0 Å². The summed E-state index contributed by atoms with van der Waals surface area (Å²) in [5.74, 6) is 1.85. The van der Waals surface area contributed by atoms with Gasteiger partial charge in [0.2, 0.25) is 5.95 Å². The van der Waals surface area contributed by atoms with E-state index in [1.54, 1.807) is 0 Å². The Hall–Kier alpha value is -7.57. The fourth-order valence-corrected chi connectivity index (χ4v) is 8.61. The zero-order chi connectivity index (χ0) is 36.0. The molecule has 55 heavy (non-hydrogen) atoms. The molecule has 0 unspecified atom stereocenters. The molecule has 11 aromatic rings. The van der Waals surface area contributed by atoms with Crippen LogP contribution in [0.25, 0.3) is 88.8 Å². The zero-order valence-corrected chi connectivity index (χ0v) is 29.5. The van der Waals surface area contributed by atoms with E-state index in [0.717, 1.165) is 61.2 Å². The molecule has 12 rings (SSSR count). The van der Waals surface area contributed by atoms with Crippen molar-refractivity contribution in [3.8, 4) is 34.4 Å². The average Bonchev–Trinajstić information content (AvgIpc) is 3.76. The average molecular weight is 703 g/mol. The van der Waals surface area contributed by atoms with E-state index >= 15 is 0 Å². The van der Waals surface area contributed by atoms with Crippen molar-refractivity contribution in [1.82, 2.24) is 24.1 Å². The van der Waals surface area contributed by atoms with Crippen LogP contribution in [-0.2, 0) is 0 Å². The van der Waals surface area contributed by atoms with Crippen LogP contribution in [0.4, 0.5) is 17.1 Å². The molecule has 3 aromatic heterocycles. The van der Waals surface area contributed by atoms with Gasteiger partial charge in [-0.15, -0.1) is 0 Å². The van der Waals surface area contributed by atoms with Gasteiger partial charge in [-0.1, -0.05) is 133 Å². The lowest BCUT2D eigenvalue weighted by molar-refractivity contribution is 0.954. The Morgan fingerprint density at radius 3 is 1.58 bits per heavy atom. The standard InChI is InChI=1S/C49H30N6/c1-4-15-31(16-5-1)47-50-48(32-17-6-2-7-18-32)52-49(51-47)55-40-25-13-12-23-36(40)38-29-42-39(30-43(38)55)37-24-14-26-41-46(37)54(42)45-28-34-20-11-10-19-33(34)27-44(45)53(41)35-21-8-3-9-22-35/h1-30H. The van der Waals surface area contributed by atoms with E-state index in [4.69, 9.17) is 15.0 Å². The van der Waals surface area contributed by atoms with Gasteiger partial charge in [0.05, 0.1) is 39.1 Å². The number of hydrogen-bond donors (Lipinski definition) is 0. The molecule has 0 fully saturated rings. The van der Waals surface area contributed by atoms with Crippen molar-refractivity contribution in [3.05, 3.63) is 182 Å². The van der Waals surface area contributed by atoms with E-state index in [9.17, 15) is 0 Å². The molecule has 0 amide bonds. The molecule has 4 heterocycles. The molecule has 1 aliphatic rings. The van der Waals surface area contributed by atoms with Crippen molar-refractivity contribution in [3.63, 3.8) is 0 Å². The lowest BCUT2D eigenvalue weighted by Crippen LogP contribution is -2.18. The first-order chi connectivity index (χ1) is 27.3. The summed E-state index contributed by atoms with van der Waals surface area (Å²) in [6.45, 7) is 0. The highest BCUT2D eigenvalue weighted by Gasteiger charge is 2.30. The van der Waals surface area contributed by atoms with Crippen LogP contribution in [0.3, 0.4) is 0 Å². The third kappa shape index (κ3) is 4.39. The molecule has 1 aliphatic heterocycles. The maximum atomic E-state index is 5.19. The van der Waals surface area contributed by atoms with Crippen molar-refractivity contribution in [2.75, 3.05) is 4.90 Å². The molecule has 0 saturated heterocycles. The molecule has 6 nitrogen and oxygen atoms in total. The molecule has 0 N–H and O–H groups in total. The van der Waals surface area contributed by atoms with Gasteiger partial charge < -0.3 is 9.47 Å². The number of rotatable bonds is 4. The first-order valence-corrected chi connectivity index (χ1v) is 18.5. The van der Waals surface area contributed by atoms with Gasteiger partial charge in [-0.05, 0) is 59.3 Å². The fraction of sp³-hybridized carbons (Fsp3) is 0. The Labute approximate surface area is 315 Å². The summed E-state index contributed by atoms with van der Waals surface area (Å²) in [5.41, 5.74) is 10.9. The van der Waals surface area contributed by atoms with Crippen LogP contribution < -0.4 is 4.90 Å². The molecule has 0 spiro atoms. The predicted octanol–water partition coefficient (Wildman–Crippen LogP) is 12.3. The molecule has 6 heteroatoms. The van der Waals surface area contributed by atoms with Gasteiger partial charge in [-0.25, -0.2) is 4.98 Å². The summed E-state index contributed by atoms with van der Waals surface area (Å²) in [5, 5.41) is 7.06. The highest BCUT2D eigenvalue weighted by molar-refractivity contribution is 6.22. The smallest absolute Gasteiger partial charge is 0.238 e. The molecule has 0 aliphatic carbocycles. The van der Waals surface area contributed by atoms with Gasteiger partial charge in [0, 0.05) is 38.4 Å². The number of aromatic nitrogens is 5. The van der Waals surface area contributed by atoms with Gasteiger partial charge in [-0.2, -0.15) is 9.97 Å². The number of anilines is 3. The van der Waals surface area contributed by atoms with Crippen LogP contribution in [0.1, 0.15) is 0 Å². The highest BCUT2D eigenvalue weighted by Crippen LogP contribution is 2.51. The minimum atomic E-state index is 0.582. The molecule has 256 valence electrons. The van der Waals surface area contributed by atoms with Crippen molar-refractivity contribution < 1.29 is 0 Å². The normalized spacial score (nSPS) is 12.3. The van der Waals surface area contributed by atoms with Crippen LogP contribution in [0.2, 0.25) is 0 Å². The number of fused-ring (bicyclic) bond motifs is 9. The molecular formula is C49H30N6. The highest BCUT2D eigenvalue weighted by atomic mass is 15.2. The minimum Gasteiger partial charge on any atom is -0.306 e. The quantitative estimate of drug-likeness (QED) is 0.183. The van der Waals surface area contributed by atoms with Crippen LogP contribution in [0.15, 0.2) is 182 Å². The third-order valence-electron chi connectivity index (χ3n) is 11.0. The Morgan fingerprint density at radius 2 is 0.891 bits per heavy atom. The molecule has 0 bridgehead atoms. The van der Waals surface area contributed by atoms with Crippen molar-refractivity contribution in [1.29, 1.82) is 0 Å². The Bertz CT molecular complexity index is 3250. The van der Waals surface area contributed by atoms with E-state index in [-0.39, 0.29) is 0 Å². The van der Waals surface area contributed by atoms with Crippen LogP contribution in [-0.4, -0.2) is 24.1 Å². The first kappa shape index (κ1) is 29.9. The Kier molecular flexibility index (Phi) is 6.24. The second-order valence-electron chi connectivity index (χ2n) is 14.1. The fourth-order valence-electron chi connectivity index (χ4n) is 8.61. The van der Waals surface area contributed by atoms with E-state index in [1.807, 2.05) is 36.4 Å². The molecule has 8 aromatic carbocycles. The lowest BCUT2D eigenvalue weighted by Gasteiger charge is -2.33. The van der Waals surface area contributed by atoms with Gasteiger partial charge >= 0.3 is 0 Å². The van der Waals surface area contributed by atoms with Gasteiger partial charge in [0.15, 0.2) is 11.6 Å². The van der Waals surface area contributed by atoms with Crippen molar-refractivity contribution in [2.45, 2.75) is 0 Å². The SMILES string of the molecule is c1ccc(-c2nc(-c3ccccc3)nc(-n3c4ccccc4c4cc5c(cc43)c3cccc4c3n5-c3cc5ccccc5cc3N4c3ccccc3)n2)cc1. The number of hydrogen-bond acceptors (Lipinski definition) is 4. The molecule has 0 saturated carbocycles. The zero-order valence-electron chi connectivity index (χ0n) is 29.5. The van der Waals surface area contributed by atoms with E-state index in [0.29, 0.717) is 17.6 Å². The van der Waals surface area contributed by atoms with E-state index in [1.165, 1.54) is 27.1 Å². The van der Waals surface area contributed by atoms with Crippen molar-refractivity contribution >= 4 is 71.4 Å². The van der Waals surface area contributed by atoms with Crippen LogP contribution in [0.5, 0.6) is 0 Å². The van der Waals surface area contributed by atoms with Gasteiger partial charge in [0.1, 0.15) is 0 Å². The first-order valence-electron chi connectivity index (χ1n) is 18.5.